The molecule has 1 heterocycles. The van der Waals surface area contributed by atoms with Crippen LogP contribution in [0.1, 0.15) is 5.89 Å². The van der Waals surface area contributed by atoms with Gasteiger partial charge >= 0.3 is 0 Å². The molecule has 0 aliphatic heterocycles. The first kappa shape index (κ1) is 14.6. The molecule has 3 aromatic rings. The van der Waals surface area contributed by atoms with Crippen LogP contribution in [0, 0.1) is 0 Å². The summed E-state index contributed by atoms with van der Waals surface area (Å²) in [4.78, 5) is 1.07. The van der Waals surface area contributed by atoms with Crippen LogP contribution < -0.4 is 0 Å². The van der Waals surface area contributed by atoms with Gasteiger partial charge in [0.05, 0.1) is 5.75 Å². The highest BCUT2D eigenvalue weighted by Gasteiger charge is 2.09. The molecule has 2 aromatic carbocycles. The van der Waals surface area contributed by atoms with E-state index in [2.05, 4.69) is 26.1 Å². The molecule has 0 radical (unpaired) electrons. The van der Waals surface area contributed by atoms with E-state index in [1.54, 1.807) is 11.8 Å². The van der Waals surface area contributed by atoms with Crippen molar-refractivity contribution in [3.8, 4) is 11.5 Å². The Morgan fingerprint density at radius 1 is 1.10 bits per heavy atom. The second kappa shape index (κ2) is 6.64. The molecule has 0 N–H and O–H groups in total. The molecule has 106 valence electrons. The summed E-state index contributed by atoms with van der Waals surface area (Å²) < 4.78 is 6.66. The minimum atomic E-state index is 0.526. The van der Waals surface area contributed by atoms with Gasteiger partial charge in [-0.25, -0.2) is 0 Å². The van der Waals surface area contributed by atoms with Crippen LogP contribution in [0.4, 0.5) is 0 Å². The lowest BCUT2D eigenvalue weighted by Gasteiger charge is -1.98. The zero-order chi connectivity index (χ0) is 14.7. The molecule has 0 spiro atoms. The molecule has 0 bridgehead atoms. The summed E-state index contributed by atoms with van der Waals surface area (Å²) in [7, 11) is 0. The van der Waals surface area contributed by atoms with E-state index in [0.717, 1.165) is 20.0 Å². The standard InChI is InChI=1S/C15H10BrClN2OS/c16-11-4-1-3-10(7-11)15-19-18-14(20-15)9-21-13-6-2-5-12(17)8-13/h1-8H,9H2. The van der Waals surface area contributed by atoms with Gasteiger partial charge in [0, 0.05) is 20.0 Å². The lowest BCUT2D eigenvalue weighted by atomic mass is 10.2. The van der Waals surface area contributed by atoms with E-state index in [1.807, 2.05) is 48.5 Å². The van der Waals surface area contributed by atoms with Crippen LogP contribution in [0.15, 0.2) is 62.3 Å². The van der Waals surface area contributed by atoms with E-state index in [9.17, 15) is 0 Å². The molecule has 6 heteroatoms. The topological polar surface area (TPSA) is 38.9 Å². The number of nitrogens with zero attached hydrogens (tertiary/aromatic N) is 2. The molecule has 0 amide bonds. The first-order valence-electron chi connectivity index (χ1n) is 6.17. The van der Waals surface area contributed by atoms with Crippen molar-refractivity contribution in [3.63, 3.8) is 0 Å². The molecule has 3 rings (SSSR count). The van der Waals surface area contributed by atoms with E-state index < -0.39 is 0 Å². The van der Waals surface area contributed by atoms with Crippen molar-refractivity contribution in [2.24, 2.45) is 0 Å². The van der Waals surface area contributed by atoms with Crippen molar-refractivity contribution in [2.75, 3.05) is 0 Å². The summed E-state index contributed by atoms with van der Waals surface area (Å²) in [5.74, 6) is 1.73. The molecule has 0 aliphatic carbocycles. The first-order valence-corrected chi connectivity index (χ1v) is 8.33. The Kier molecular flexibility index (Phi) is 4.63. The molecule has 0 fully saturated rings. The highest BCUT2D eigenvalue weighted by Crippen LogP contribution is 2.27. The van der Waals surface area contributed by atoms with Gasteiger partial charge in [-0.15, -0.1) is 22.0 Å². The van der Waals surface area contributed by atoms with E-state index >= 15 is 0 Å². The summed E-state index contributed by atoms with van der Waals surface area (Å²) in [6, 6.07) is 15.5. The van der Waals surface area contributed by atoms with Gasteiger partial charge in [-0.05, 0) is 36.4 Å². The van der Waals surface area contributed by atoms with Gasteiger partial charge in [-0.3, -0.25) is 0 Å². The molecule has 0 unspecified atom stereocenters. The van der Waals surface area contributed by atoms with Gasteiger partial charge in [0.15, 0.2) is 0 Å². The molecule has 21 heavy (non-hydrogen) atoms. The van der Waals surface area contributed by atoms with Crippen molar-refractivity contribution >= 4 is 39.3 Å². The average Bonchev–Trinajstić information content (AvgIpc) is 2.94. The van der Waals surface area contributed by atoms with E-state index in [0.29, 0.717) is 17.5 Å². The van der Waals surface area contributed by atoms with E-state index in [-0.39, 0.29) is 0 Å². The third kappa shape index (κ3) is 3.87. The van der Waals surface area contributed by atoms with Crippen LogP contribution in [-0.2, 0) is 5.75 Å². The third-order valence-corrected chi connectivity index (χ3v) is 4.40. The maximum absolute atomic E-state index is 5.96. The van der Waals surface area contributed by atoms with Crippen molar-refractivity contribution in [1.82, 2.24) is 10.2 Å². The Labute approximate surface area is 139 Å². The second-order valence-corrected chi connectivity index (χ2v) is 6.66. The average molecular weight is 382 g/mol. The highest BCUT2D eigenvalue weighted by molar-refractivity contribution is 9.10. The Hall–Kier alpha value is -1.30. The Balaban J connectivity index is 1.71. The fourth-order valence-corrected chi connectivity index (χ4v) is 3.20. The van der Waals surface area contributed by atoms with Crippen LogP contribution in [-0.4, -0.2) is 10.2 Å². The van der Waals surface area contributed by atoms with Crippen molar-refractivity contribution in [3.05, 3.63) is 63.9 Å². The molecule has 0 atom stereocenters. The zero-order valence-electron chi connectivity index (χ0n) is 10.8. The number of thioether (sulfide) groups is 1. The van der Waals surface area contributed by atoms with Gasteiger partial charge < -0.3 is 4.42 Å². The lowest BCUT2D eigenvalue weighted by molar-refractivity contribution is 0.528. The van der Waals surface area contributed by atoms with Crippen LogP contribution in [0.5, 0.6) is 0 Å². The quantitative estimate of drug-likeness (QED) is 0.564. The molecular formula is C15H10BrClN2OS. The zero-order valence-corrected chi connectivity index (χ0v) is 14.0. The Bertz CT molecular complexity index is 763. The van der Waals surface area contributed by atoms with Gasteiger partial charge in [0.1, 0.15) is 0 Å². The van der Waals surface area contributed by atoms with E-state index in [1.165, 1.54) is 0 Å². The van der Waals surface area contributed by atoms with Crippen LogP contribution >= 0.6 is 39.3 Å². The van der Waals surface area contributed by atoms with Crippen LogP contribution in [0.2, 0.25) is 5.02 Å². The maximum atomic E-state index is 5.96. The normalized spacial score (nSPS) is 10.8. The number of benzene rings is 2. The number of rotatable bonds is 4. The van der Waals surface area contributed by atoms with Crippen molar-refractivity contribution < 1.29 is 4.42 Å². The predicted octanol–water partition coefficient (Wildman–Crippen LogP) is 5.44. The monoisotopic (exact) mass is 380 g/mol. The smallest absolute Gasteiger partial charge is 0.247 e. The van der Waals surface area contributed by atoms with E-state index in [4.69, 9.17) is 16.0 Å². The van der Waals surface area contributed by atoms with Crippen molar-refractivity contribution in [2.45, 2.75) is 10.6 Å². The second-order valence-electron chi connectivity index (χ2n) is 4.26. The predicted molar refractivity (Wildman–Crippen MR) is 88.4 cm³/mol. The van der Waals surface area contributed by atoms with Gasteiger partial charge in [0.25, 0.3) is 0 Å². The summed E-state index contributed by atoms with van der Waals surface area (Å²) >= 11 is 11.0. The number of hydrogen-bond acceptors (Lipinski definition) is 4. The van der Waals surface area contributed by atoms with Gasteiger partial charge in [-0.2, -0.15) is 0 Å². The minimum Gasteiger partial charge on any atom is -0.420 e. The van der Waals surface area contributed by atoms with Crippen molar-refractivity contribution in [1.29, 1.82) is 0 Å². The summed E-state index contributed by atoms with van der Waals surface area (Å²) in [6.45, 7) is 0. The summed E-state index contributed by atoms with van der Waals surface area (Å²) in [6.07, 6.45) is 0. The Morgan fingerprint density at radius 2 is 1.95 bits per heavy atom. The first-order chi connectivity index (χ1) is 10.2. The van der Waals surface area contributed by atoms with Gasteiger partial charge in [-0.1, -0.05) is 39.7 Å². The fourth-order valence-electron chi connectivity index (χ4n) is 1.75. The molecule has 0 saturated carbocycles. The minimum absolute atomic E-state index is 0.526. The van der Waals surface area contributed by atoms with Crippen LogP contribution in [0.3, 0.4) is 0 Å². The molecule has 3 nitrogen and oxygen atoms in total. The lowest BCUT2D eigenvalue weighted by Crippen LogP contribution is -1.80. The number of aromatic nitrogens is 2. The molecular weight excluding hydrogens is 372 g/mol. The summed E-state index contributed by atoms with van der Waals surface area (Å²) in [5, 5.41) is 8.88. The molecule has 0 aliphatic rings. The Morgan fingerprint density at radius 3 is 2.76 bits per heavy atom. The third-order valence-electron chi connectivity index (χ3n) is 2.70. The maximum Gasteiger partial charge on any atom is 0.247 e. The van der Waals surface area contributed by atoms with Crippen LogP contribution in [0.25, 0.3) is 11.5 Å². The number of hydrogen-bond donors (Lipinski definition) is 0. The van der Waals surface area contributed by atoms with Gasteiger partial charge in [0.2, 0.25) is 11.8 Å². The SMILES string of the molecule is Clc1cccc(SCc2nnc(-c3cccc(Br)c3)o2)c1. The summed E-state index contributed by atoms with van der Waals surface area (Å²) in [5.41, 5.74) is 0.899. The fraction of sp³-hybridized carbons (Fsp3) is 0.0667. The largest absolute Gasteiger partial charge is 0.420 e. The number of halogens is 2. The molecule has 1 aromatic heterocycles. The molecule has 0 saturated heterocycles. The highest BCUT2D eigenvalue weighted by atomic mass is 79.9.